The molecule has 9 heteroatoms. The third kappa shape index (κ3) is 5.09. The van der Waals surface area contributed by atoms with Gasteiger partial charge in [-0.25, -0.2) is 4.98 Å². The van der Waals surface area contributed by atoms with E-state index in [0.29, 0.717) is 47.5 Å². The van der Waals surface area contributed by atoms with Crippen LogP contribution < -0.4 is 20.5 Å². The van der Waals surface area contributed by atoms with Crippen molar-refractivity contribution in [2.45, 2.75) is 26.3 Å². The second-order valence-corrected chi connectivity index (χ2v) is 11.1. The summed E-state index contributed by atoms with van der Waals surface area (Å²) in [6, 6.07) is 15.6. The number of anilines is 2. The van der Waals surface area contributed by atoms with Crippen LogP contribution in [-0.4, -0.2) is 64.8 Å². The van der Waals surface area contributed by atoms with Crippen molar-refractivity contribution in [2.75, 3.05) is 50.1 Å². The van der Waals surface area contributed by atoms with Gasteiger partial charge in [0.25, 0.3) is 11.5 Å². The highest BCUT2D eigenvalue weighted by Crippen LogP contribution is 2.31. The van der Waals surface area contributed by atoms with Crippen LogP contribution in [0.3, 0.4) is 0 Å². The Hall–Kier alpha value is -4.11. The maximum Gasteiger partial charge on any atom is 0.259 e. The molecule has 2 aliphatic rings. The maximum atomic E-state index is 13.6. The molecule has 0 aliphatic carbocycles. The first-order valence-corrected chi connectivity index (χ1v) is 14.1. The number of carbonyl (C=O) groups is 1. The first kappa shape index (κ1) is 26.1. The molecule has 4 aromatic rings. The van der Waals surface area contributed by atoms with Crippen molar-refractivity contribution in [3.05, 3.63) is 70.6 Å². The molecule has 2 aromatic carbocycles. The second kappa shape index (κ2) is 10.8. The first-order chi connectivity index (χ1) is 19.4. The first-order valence-electron chi connectivity index (χ1n) is 14.1. The van der Waals surface area contributed by atoms with Crippen LogP contribution >= 0.6 is 0 Å². The Morgan fingerprint density at radius 2 is 1.77 bits per heavy atom. The maximum absolute atomic E-state index is 13.6. The van der Waals surface area contributed by atoms with Gasteiger partial charge in [0.2, 0.25) is 5.95 Å². The molecule has 2 aromatic heterocycles. The highest BCUT2D eigenvalue weighted by Gasteiger charge is 2.22. The SMILES string of the molecule is C[C@@H]1CCCOc2ccccc2-c2cc(cn(C)c2=O)C(=O)Nc2nc3ccc(N4CCN(C)CC4)cc3n2C1. The van der Waals surface area contributed by atoms with Crippen molar-refractivity contribution in [3.63, 3.8) is 0 Å². The van der Waals surface area contributed by atoms with Gasteiger partial charge in [-0.3, -0.25) is 14.9 Å². The molecule has 0 unspecified atom stereocenters. The Balaban J connectivity index is 1.42. The zero-order valence-corrected chi connectivity index (χ0v) is 23.4. The molecular weight excluding hydrogens is 504 g/mol. The number of hydrogen-bond acceptors (Lipinski definition) is 6. The summed E-state index contributed by atoms with van der Waals surface area (Å²) in [5.74, 6) is 1.18. The molecule has 1 fully saturated rings. The molecule has 2 aliphatic heterocycles. The van der Waals surface area contributed by atoms with E-state index in [1.165, 1.54) is 10.3 Å². The van der Waals surface area contributed by atoms with Crippen LogP contribution in [0.4, 0.5) is 11.6 Å². The van der Waals surface area contributed by atoms with Crippen molar-refractivity contribution >= 4 is 28.6 Å². The number of likely N-dealkylation sites (N-methyl/N-ethyl adjacent to an activating group) is 1. The van der Waals surface area contributed by atoms with Gasteiger partial charge in [0.1, 0.15) is 5.75 Å². The summed E-state index contributed by atoms with van der Waals surface area (Å²) in [7, 11) is 3.82. The number of ether oxygens (including phenoxy) is 1. The summed E-state index contributed by atoms with van der Waals surface area (Å²) in [4.78, 5) is 36.4. The predicted molar refractivity (Wildman–Crippen MR) is 158 cm³/mol. The van der Waals surface area contributed by atoms with E-state index in [1.807, 2.05) is 30.3 Å². The van der Waals surface area contributed by atoms with E-state index < -0.39 is 0 Å². The largest absolute Gasteiger partial charge is 0.493 e. The molecule has 0 radical (unpaired) electrons. The van der Waals surface area contributed by atoms with E-state index in [1.54, 1.807) is 19.3 Å². The van der Waals surface area contributed by atoms with Crippen molar-refractivity contribution in [3.8, 4) is 16.9 Å². The molecule has 6 rings (SSSR count). The number of benzene rings is 2. The lowest BCUT2D eigenvalue weighted by Gasteiger charge is -2.34. The van der Waals surface area contributed by atoms with Crippen molar-refractivity contribution in [2.24, 2.45) is 13.0 Å². The normalized spacial score (nSPS) is 18.7. The van der Waals surface area contributed by atoms with Crippen molar-refractivity contribution in [1.29, 1.82) is 0 Å². The van der Waals surface area contributed by atoms with Gasteiger partial charge in [-0.05, 0) is 56.1 Å². The van der Waals surface area contributed by atoms with Crippen molar-refractivity contribution in [1.82, 2.24) is 19.0 Å². The molecule has 4 heterocycles. The van der Waals surface area contributed by atoms with Crippen LogP contribution in [0.2, 0.25) is 0 Å². The number of aromatic nitrogens is 3. The molecule has 2 bridgehead atoms. The minimum absolute atomic E-state index is 0.186. The smallest absolute Gasteiger partial charge is 0.259 e. The quantitative estimate of drug-likeness (QED) is 0.389. The fourth-order valence-electron chi connectivity index (χ4n) is 5.69. The number of nitrogens with one attached hydrogen (secondary N) is 1. The van der Waals surface area contributed by atoms with E-state index in [9.17, 15) is 9.59 Å². The Labute approximate surface area is 234 Å². The number of fused-ring (bicyclic) bond motifs is 7. The molecule has 40 heavy (non-hydrogen) atoms. The van der Waals surface area contributed by atoms with Gasteiger partial charge in [-0.15, -0.1) is 0 Å². The molecule has 9 nitrogen and oxygen atoms in total. The monoisotopic (exact) mass is 540 g/mol. The summed E-state index contributed by atoms with van der Waals surface area (Å²) >= 11 is 0. The highest BCUT2D eigenvalue weighted by molar-refractivity contribution is 6.04. The Bertz CT molecular complexity index is 1620. The van der Waals surface area contributed by atoms with Gasteiger partial charge in [0, 0.05) is 57.2 Å². The number of carbonyl (C=O) groups excluding carboxylic acids is 1. The molecule has 208 valence electrons. The van der Waals surface area contributed by atoms with Gasteiger partial charge < -0.3 is 23.7 Å². The third-order valence-electron chi connectivity index (χ3n) is 8.04. The van der Waals surface area contributed by atoms with E-state index in [4.69, 9.17) is 9.72 Å². The molecule has 1 saturated heterocycles. The Morgan fingerprint density at radius 3 is 2.60 bits per heavy atom. The topological polar surface area (TPSA) is 84.6 Å². The third-order valence-corrected chi connectivity index (χ3v) is 8.04. The summed E-state index contributed by atoms with van der Waals surface area (Å²) in [5.41, 5.74) is 4.34. The molecular formula is C31H36N6O3. The lowest BCUT2D eigenvalue weighted by molar-refractivity contribution is 0.102. The summed E-state index contributed by atoms with van der Waals surface area (Å²) < 4.78 is 9.75. The number of amides is 1. The second-order valence-electron chi connectivity index (χ2n) is 11.1. The zero-order chi connectivity index (χ0) is 27.8. The molecule has 1 N–H and O–H groups in total. The van der Waals surface area contributed by atoms with E-state index in [2.05, 4.69) is 45.8 Å². The Morgan fingerprint density at radius 1 is 0.975 bits per heavy atom. The minimum Gasteiger partial charge on any atom is -0.493 e. The van der Waals surface area contributed by atoms with Crippen molar-refractivity contribution < 1.29 is 9.53 Å². The summed E-state index contributed by atoms with van der Waals surface area (Å²) in [5, 5.41) is 3.07. The highest BCUT2D eigenvalue weighted by atomic mass is 16.5. The Kier molecular flexibility index (Phi) is 7.06. The standard InChI is InChI=1S/C31H36N6O3/c1-21-7-6-16-40-28-9-5-4-8-24(28)25-17-22(20-35(3)30(25)39)29(38)33-31-32-26-11-10-23(18-27(26)37(31)19-21)36-14-12-34(2)13-15-36/h4-5,8-11,17-18,20-21H,6-7,12-16,19H2,1-3H3,(H,32,33,38)/t21-/m1/s1. The number of para-hydroxylation sites is 1. The number of imidazole rings is 1. The van der Waals surface area contributed by atoms with Gasteiger partial charge in [-0.2, -0.15) is 0 Å². The van der Waals surface area contributed by atoms with Crippen LogP contribution in [-0.2, 0) is 13.6 Å². The minimum atomic E-state index is -0.311. The number of pyridine rings is 1. The summed E-state index contributed by atoms with van der Waals surface area (Å²) in [6.07, 6.45) is 3.39. The fraction of sp³-hybridized carbons (Fsp3) is 0.387. The lowest BCUT2D eigenvalue weighted by Crippen LogP contribution is -2.44. The average molecular weight is 541 g/mol. The number of piperazine rings is 1. The molecule has 0 saturated carbocycles. The van der Waals surface area contributed by atoms with Gasteiger partial charge in [-0.1, -0.05) is 25.1 Å². The molecule has 1 atom stereocenters. The molecule has 0 spiro atoms. The zero-order valence-electron chi connectivity index (χ0n) is 23.4. The van der Waals surface area contributed by atoms with E-state index >= 15 is 0 Å². The molecule has 1 amide bonds. The average Bonchev–Trinajstić information content (AvgIpc) is 3.28. The van der Waals surface area contributed by atoms with Crippen LogP contribution in [0, 0.1) is 5.92 Å². The van der Waals surface area contributed by atoms with Crippen LogP contribution in [0.5, 0.6) is 5.75 Å². The van der Waals surface area contributed by atoms with Crippen LogP contribution in [0.25, 0.3) is 22.2 Å². The fourth-order valence-corrected chi connectivity index (χ4v) is 5.69. The van der Waals surface area contributed by atoms with Crippen LogP contribution in [0.1, 0.15) is 30.1 Å². The van der Waals surface area contributed by atoms with Crippen LogP contribution in [0.15, 0.2) is 59.5 Å². The predicted octanol–water partition coefficient (Wildman–Crippen LogP) is 4.21. The number of rotatable bonds is 1. The number of nitrogens with zero attached hydrogens (tertiary/aromatic N) is 5. The van der Waals surface area contributed by atoms with E-state index in [-0.39, 0.29) is 11.5 Å². The van der Waals surface area contributed by atoms with E-state index in [0.717, 1.165) is 50.1 Å². The number of hydrogen-bond donors (Lipinski definition) is 1. The lowest BCUT2D eigenvalue weighted by atomic mass is 10.0. The van der Waals surface area contributed by atoms with Gasteiger partial charge in [0.15, 0.2) is 0 Å². The van der Waals surface area contributed by atoms with Gasteiger partial charge >= 0.3 is 0 Å². The van der Waals surface area contributed by atoms with Gasteiger partial charge in [0.05, 0.1) is 28.8 Å². The summed E-state index contributed by atoms with van der Waals surface area (Å²) in [6.45, 7) is 7.51. The number of aryl methyl sites for hydroxylation is 1.